The molecule has 1 atom stereocenters. The van der Waals surface area contributed by atoms with E-state index >= 15 is 0 Å². The van der Waals surface area contributed by atoms with Gasteiger partial charge in [0.25, 0.3) is 0 Å². The van der Waals surface area contributed by atoms with Gasteiger partial charge in [-0.15, -0.1) is 11.3 Å². The Morgan fingerprint density at radius 3 is 2.37 bits per heavy atom. The summed E-state index contributed by atoms with van der Waals surface area (Å²) in [7, 11) is -1.10. The molecule has 142 valence electrons. The molecule has 3 aromatic rings. The first-order chi connectivity index (χ1) is 12.9. The van der Waals surface area contributed by atoms with E-state index in [1.165, 1.54) is 49.8 Å². The molecule has 3 rings (SSSR count). The van der Waals surface area contributed by atoms with E-state index in [0.29, 0.717) is 11.3 Å². The van der Waals surface area contributed by atoms with Crippen molar-refractivity contribution in [3.63, 3.8) is 0 Å². The number of rotatable bonds is 7. The Morgan fingerprint density at radius 1 is 1.04 bits per heavy atom. The summed E-state index contributed by atoms with van der Waals surface area (Å²) in [5, 5.41) is 1.85. The molecule has 1 N–H and O–H groups in total. The van der Waals surface area contributed by atoms with Crippen molar-refractivity contribution in [1.29, 1.82) is 0 Å². The summed E-state index contributed by atoms with van der Waals surface area (Å²) in [4.78, 5) is 0.750. The zero-order valence-corrected chi connectivity index (χ0v) is 16.3. The van der Waals surface area contributed by atoms with Crippen LogP contribution in [0.1, 0.15) is 16.5 Å². The number of hydrogen-bond acceptors (Lipinski definition) is 5. The van der Waals surface area contributed by atoms with Gasteiger partial charge in [0.2, 0.25) is 10.0 Å². The Morgan fingerprint density at radius 2 is 1.78 bits per heavy atom. The smallest absolute Gasteiger partial charge is 0.245 e. The second-order valence-electron chi connectivity index (χ2n) is 5.64. The van der Waals surface area contributed by atoms with E-state index in [9.17, 15) is 12.8 Å². The molecule has 27 heavy (non-hydrogen) atoms. The van der Waals surface area contributed by atoms with Gasteiger partial charge in [-0.05, 0) is 41.3 Å². The number of hydrogen-bond donors (Lipinski definition) is 1. The minimum atomic E-state index is -3.96. The molecule has 0 saturated heterocycles. The number of halogens is 1. The van der Waals surface area contributed by atoms with Crippen LogP contribution in [-0.4, -0.2) is 22.6 Å². The Labute approximate surface area is 161 Å². The molecule has 8 heteroatoms. The van der Waals surface area contributed by atoms with Crippen LogP contribution in [0.5, 0.6) is 11.5 Å². The van der Waals surface area contributed by atoms with Gasteiger partial charge in [0.15, 0.2) is 0 Å². The van der Waals surface area contributed by atoms with E-state index in [4.69, 9.17) is 9.47 Å². The third-order valence-electron chi connectivity index (χ3n) is 3.96. The van der Waals surface area contributed by atoms with Crippen LogP contribution in [0, 0.1) is 5.82 Å². The van der Waals surface area contributed by atoms with Crippen LogP contribution in [0.25, 0.3) is 0 Å². The topological polar surface area (TPSA) is 64.6 Å². The van der Waals surface area contributed by atoms with Gasteiger partial charge in [-0.2, -0.15) is 4.72 Å². The Kier molecular flexibility index (Phi) is 5.79. The molecular weight excluding hydrogens is 389 g/mol. The number of ether oxygens (including phenoxy) is 2. The SMILES string of the molecule is COc1ccc(OC)c(S(=O)(=O)NC(c2ccc(F)cc2)c2cccs2)c1. The van der Waals surface area contributed by atoms with E-state index in [2.05, 4.69) is 4.72 Å². The molecule has 0 aliphatic heterocycles. The number of sulfonamides is 1. The highest BCUT2D eigenvalue weighted by Crippen LogP contribution is 2.32. The Hall–Kier alpha value is -2.42. The van der Waals surface area contributed by atoms with Crippen molar-refractivity contribution in [3.8, 4) is 11.5 Å². The number of methoxy groups -OCH3 is 2. The second-order valence-corrected chi connectivity index (χ2v) is 8.30. The van der Waals surface area contributed by atoms with Crippen molar-refractivity contribution < 1.29 is 22.3 Å². The predicted octanol–water partition coefficient (Wildman–Crippen LogP) is 3.97. The zero-order valence-electron chi connectivity index (χ0n) is 14.7. The predicted molar refractivity (Wildman–Crippen MR) is 102 cm³/mol. The van der Waals surface area contributed by atoms with E-state index in [0.717, 1.165) is 4.88 Å². The minimum Gasteiger partial charge on any atom is -0.497 e. The fourth-order valence-corrected chi connectivity index (χ4v) is 4.88. The quantitative estimate of drug-likeness (QED) is 0.644. The lowest BCUT2D eigenvalue weighted by Gasteiger charge is -2.19. The molecule has 0 radical (unpaired) electrons. The molecule has 0 bridgehead atoms. The van der Waals surface area contributed by atoms with Crippen molar-refractivity contribution >= 4 is 21.4 Å². The fourth-order valence-electron chi connectivity index (χ4n) is 2.61. The van der Waals surface area contributed by atoms with Gasteiger partial charge in [-0.3, -0.25) is 0 Å². The summed E-state index contributed by atoms with van der Waals surface area (Å²) in [5.41, 5.74) is 0.629. The molecule has 0 fully saturated rings. The first-order valence-electron chi connectivity index (χ1n) is 7.98. The second kappa shape index (κ2) is 8.08. The van der Waals surface area contributed by atoms with Gasteiger partial charge in [-0.25, -0.2) is 12.8 Å². The monoisotopic (exact) mass is 407 g/mol. The summed E-state index contributed by atoms with van der Waals surface area (Å²) >= 11 is 1.41. The zero-order chi connectivity index (χ0) is 19.4. The van der Waals surface area contributed by atoms with Gasteiger partial charge in [0.05, 0.1) is 20.3 Å². The van der Waals surface area contributed by atoms with Crippen molar-refractivity contribution in [2.24, 2.45) is 0 Å². The Balaban J connectivity index is 2.04. The summed E-state index contributed by atoms with van der Waals surface area (Å²) in [6.07, 6.45) is 0. The molecule has 0 aliphatic carbocycles. The van der Waals surface area contributed by atoms with E-state index in [1.807, 2.05) is 17.5 Å². The van der Waals surface area contributed by atoms with Crippen LogP contribution in [0.15, 0.2) is 64.9 Å². The van der Waals surface area contributed by atoms with E-state index in [-0.39, 0.29) is 16.5 Å². The van der Waals surface area contributed by atoms with E-state index in [1.54, 1.807) is 18.2 Å². The summed E-state index contributed by atoms with van der Waals surface area (Å²) in [6, 6.07) is 13.3. The van der Waals surface area contributed by atoms with Gasteiger partial charge in [0, 0.05) is 10.9 Å². The van der Waals surface area contributed by atoms with Crippen molar-refractivity contribution in [3.05, 3.63) is 76.2 Å². The van der Waals surface area contributed by atoms with Gasteiger partial charge in [0.1, 0.15) is 22.2 Å². The first-order valence-corrected chi connectivity index (χ1v) is 10.3. The van der Waals surface area contributed by atoms with Crippen LogP contribution in [-0.2, 0) is 10.0 Å². The fraction of sp³-hybridized carbons (Fsp3) is 0.158. The van der Waals surface area contributed by atoms with Crippen LogP contribution >= 0.6 is 11.3 Å². The van der Waals surface area contributed by atoms with Crippen LogP contribution in [0.4, 0.5) is 4.39 Å². The molecule has 2 aromatic carbocycles. The molecule has 0 amide bonds. The minimum absolute atomic E-state index is 0.0342. The van der Waals surface area contributed by atoms with Crippen molar-refractivity contribution in [2.45, 2.75) is 10.9 Å². The maximum atomic E-state index is 13.3. The Bertz CT molecular complexity index is 1000. The summed E-state index contributed by atoms with van der Waals surface area (Å²) < 4.78 is 52.6. The lowest BCUT2D eigenvalue weighted by molar-refractivity contribution is 0.391. The summed E-state index contributed by atoms with van der Waals surface area (Å²) in [6.45, 7) is 0. The first kappa shape index (κ1) is 19.3. The lowest BCUT2D eigenvalue weighted by atomic mass is 10.1. The van der Waals surface area contributed by atoms with Crippen LogP contribution in [0.3, 0.4) is 0 Å². The van der Waals surface area contributed by atoms with Gasteiger partial charge < -0.3 is 9.47 Å². The number of thiophene rings is 1. The summed E-state index contributed by atoms with van der Waals surface area (Å²) in [5.74, 6) is 0.207. The lowest BCUT2D eigenvalue weighted by Crippen LogP contribution is -2.29. The third kappa shape index (κ3) is 4.29. The molecule has 1 unspecified atom stereocenters. The van der Waals surface area contributed by atoms with Gasteiger partial charge >= 0.3 is 0 Å². The van der Waals surface area contributed by atoms with Crippen LogP contribution < -0.4 is 14.2 Å². The molecule has 1 aromatic heterocycles. The van der Waals surface area contributed by atoms with Crippen LogP contribution in [0.2, 0.25) is 0 Å². The number of nitrogens with one attached hydrogen (secondary N) is 1. The molecule has 0 saturated carbocycles. The van der Waals surface area contributed by atoms with Gasteiger partial charge in [-0.1, -0.05) is 18.2 Å². The maximum Gasteiger partial charge on any atom is 0.245 e. The molecule has 0 aliphatic rings. The standard InChI is InChI=1S/C19H18FNO4S2/c1-24-15-9-10-16(25-2)18(12-15)27(22,23)21-19(17-4-3-11-26-17)13-5-7-14(20)8-6-13/h3-12,19,21H,1-2H3. The van der Waals surface area contributed by atoms with E-state index < -0.39 is 16.1 Å². The molecule has 0 spiro atoms. The highest BCUT2D eigenvalue weighted by Gasteiger charge is 2.27. The van der Waals surface area contributed by atoms with Crippen molar-refractivity contribution in [2.75, 3.05) is 14.2 Å². The molecule has 1 heterocycles. The number of benzene rings is 2. The largest absolute Gasteiger partial charge is 0.497 e. The molecular formula is C19H18FNO4S2. The highest BCUT2D eigenvalue weighted by molar-refractivity contribution is 7.89. The highest BCUT2D eigenvalue weighted by atomic mass is 32.2. The average molecular weight is 407 g/mol. The normalized spacial score (nSPS) is 12.6. The average Bonchev–Trinajstić information content (AvgIpc) is 3.21. The molecule has 5 nitrogen and oxygen atoms in total. The van der Waals surface area contributed by atoms with Crippen molar-refractivity contribution in [1.82, 2.24) is 4.72 Å². The third-order valence-corrected chi connectivity index (χ3v) is 6.35. The maximum absolute atomic E-state index is 13.3.